The third-order valence-corrected chi connectivity index (χ3v) is 5.15. The molecule has 0 radical (unpaired) electrons. The number of hydrogen-bond donors (Lipinski definition) is 0. The molecule has 136 valence electrons. The molecule has 25 heavy (non-hydrogen) atoms. The molecule has 0 bridgehead atoms. The topological polar surface area (TPSA) is 72.5 Å². The second-order valence-electron chi connectivity index (χ2n) is 6.50. The first-order chi connectivity index (χ1) is 12.1. The van der Waals surface area contributed by atoms with Gasteiger partial charge in [0.05, 0.1) is 33.4 Å². The molecule has 0 aromatic heterocycles. The van der Waals surface area contributed by atoms with Crippen LogP contribution in [0.1, 0.15) is 31.2 Å². The first kappa shape index (κ1) is 16.5. The van der Waals surface area contributed by atoms with Gasteiger partial charge in [-0.05, 0) is 6.42 Å². The molecule has 1 saturated heterocycles. The Labute approximate surface area is 146 Å². The fourth-order valence-electron chi connectivity index (χ4n) is 4.19. The Kier molecular flexibility index (Phi) is 4.00. The second-order valence-corrected chi connectivity index (χ2v) is 6.50. The molecule has 7 nitrogen and oxygen atoms in total. The molecular formula is C18H22O7. The van der Waals surface area contributed by atoms with E-state index in [1.54, 1.807) is 14.2 Å². The molecule has 0 amide bonds. The number of ether oxygens (including phenoxy) is 6. The minimum atomic E-state index is -0.807. The van der Waals surface area contributed by atoms with E-state index in [4.69, 9.17) is 28.4 Å². The molecule has 1 saturated carbocycles. The van der Waals surface area contributed by atoms with Gasteiger partial charge in [0.2, 0.25) is 5.79 Å². The summed E-state index contributed by atoms with van der Waals surface area (Å²) in [7, 11) is 3.19. The van der Waals surface area contributed by atoms with E-state index < -0.39 is 11.9 Å². The van der Waals surface area contributed by atoms with Crippen LogP contribution in [-0.2, 0) is 19.0 Å². The van der Waals surface area contributed by atoms with Crippen LogP contribution in [0.25, 0.3) is 0 Å². The summed E-state index contributed by atoms with van der Waals surface area (Å²) in [5.74, 6) is 0.609. The number of esters is 1. The number of fused-ring (bicyclic) bond motifs is 4. The van der Waals surface area contributed by atoms with Crippen LogP contribution in [0.4, 0.5) is 0 Å². The molecule has 2 fully saturated rings. The molecule has 1 aliphatic carbocycles. The lowest BCUT2D eigenvalue weighted by Gasteiger charge is -2.42. The molecule has 7 heteroatoms. The molecule has 0 unspecified atom stereocenters. The average Bonchev–Trinajstić information content (AvgIpc) is 3.22. The Morgan fingerprint density at radius 1 is 1.20 bits per heavy atom. The zero-order valence-electron chi connectivity index (χ0n) is 14.6. The van der Waals surface area contributed by atoms with E-state index in [0.717, 1.165) is 5.56 Å². The van der Waals surface area contributed by atoms with Crippen LogP contribution < -0.4 is 14.2 Å². The van der Waals surface area contributed by atoms with Crippen molar-refractivity contribution in [3.05, 3.63) is 17.7 Å². The lowest BCUT2D eigenvalue weighted by molar-refractivity contribution is -0.242. The van der Waals surface area contributed by atoms with Gasteiger partial charge in [-0.25, -0.2) is 0 Å². The van der Waals surface area contributed by atoms with E-state index in [1.807, 2.05) is 12.1 Å². The van der Waals surface area contributed by atoms with Crippen LogP contribution in [0, 0.1) is 0 Å². The van der Waals surface area contributed by atoms with Gasteiger partial charge in [-0.3, -0.25) is 4.79 Å². The SMILES string of the molecule is COc1cc(OC)c2c(c1)O[C@@H]1[C@H]2[C@@H](OC(C)=O)CCC12OCCO2. The first-order valence-electron chi connectivity index (χ1n) is 8.45. The van der Waals surface area contributed by atoms with Gasteiger partial charge in [-0.15, -0.1) is 0 Å². The normalized spacial score (nSPS) is 28.8. The van der Waals surface area contributed by atoms with E-state index in [-0.39, 0.29) is 18.0 Å². The van der Waals surface area contributed by atoms with Crippen molar-refractivity contribution >= 4 is 5.97 Å². The summed E-state index contributed by atoms with van der Waals surface area (Å²) in [5.41, 5.74) is 0.873. The maximum Gasteiger partial charge on any atom is 0.302 e. The molecule has 3 aliphatic rings. The van der Waals surface area contributed by atoms with Gasteiger partial charge in [-0.2, -0.15) is 0 Å². The van der Waals surface area contributed by atoms with Gasteiger partial charge < -0.3 is 28.4 Å². The Balaban J connectivity index is 1.80. The summed E-state index contributed by atoms with van der Waals surface area (Å²) >= 11 is 0. The minimum absolute atomic E-state index is 0.216. The van der Waals surface area contributed by atoms with Crippen LogP contribution in [0.2, 0.25) is 0 Å². The van der Waals surface area contributed by atoms with Gasteiger partial charge in [0.15, 0.2) is 6.10 Å². The van der Waals surface area contributed by atoms with E-state index in [2.05, 4.69) is 0 Å². The standard InChI is InChI=1S/C18H22O7/c1-10(19)24-12-4-5-18(22-6-7-23-18)17-16(12)15-13(21-3)8-11(20-2)9-14(15)25-17/h8-9,12,16-17H,4-7H2,1-3H3/t12-,16-,17+/m0/s1. The van der Waals surface area contributed by atoms with Gasteiger partial charge in [0, 0.05) is 31.0 Å². The highest BCUT2D eigenvalue weighted by molar-refractivity contribution is 5.66. The number of rotatable bonds is 3. The largest absolute Gasteiger partial charge is 0.496 e. The maximum absolute atomic E-state index is 11.6. The van der Waals surface area contributed by atoms with Crippen LogP contribution in [0.3, 0.4) is 0 Å². The van der Waals surface area contributed by atoms with E-state index in [9.17, 15) is 4.79 Å². The number of carbonyl (C=O) groups excluding carboxylic acids is 1. The van der Waals surface area contributed by atoms with Crippen LogP contribution >= 0.6 is 0 Å². The van der Waals surface area contributed by atoms with Crippen LogP contribution in [0.5, 0.6) is 17.2 Å². The van der Waals surface area contributed by atoms with Crippen molar-refractivity contribution in [3.63, 3.8) is 0 Å². The molecule has 2 aliphatic heterocycles. The fourth-order valence-corrected chi connectivity index (χ4v) is 4.19. The molecule has 1 aromatic carbocycles. The Bertz CT molecular complexity index is 680. The Morgan fingerprint density at radius 3 is 2.60 bits per heavy atom. The van der Waals surface area contributed by atoms with Crippen molar-refractivity contribution in [2.24, 2.45) is 0 Å². The van der Waals surface area contributed by atoms with Crippen molar-refractivity contribution in [2.75, 3.05) is 27.4 Å². The highest BCUT2D eigenvalue weighted by Crippen LogP contribution is 2.56. The zero-order chi connectivity index (χ0) is 17.6. The van der Waals surface area contributed by atoms with E-state index in [1.165, 1.54) is 6.92 Å². The first-order valence-corrected chi connectivity index (χ1v) is 8.45. The van der Waals surface area contributed by atoms with Crippen LogP contribution in [-0.4, -0.2) is 51.4 Å². The maximum atomic E-state index is 11.6. The second kappa shape index (κ2) is 6.07. The minimum Gasteiger partial charge on any atom is -0.496 e. The van der Waals surface area contributed by atoms with Crippen molar-refractivity contribution in [2.45, 2.75) is 43.7 Å². The van der Waals surface area contributed by atoms with Crippen molar-refractivity contribution in [3.8, 4) is 17.2 Å². The quantitative estimate of drug-likeness (QED) is 0.772. The van der Waals surface area contributed by atoms with Gasteiger partial charge in [0.25, 0.3) is 0 Å². The molecule has 3 atom stereocenters. The number of methoxy groups -OCH3 is 2. The van der Waals surface area contributed by atoms with E-state index in [0.29, 0.717) is 43.3 Å². The smallest absolute Gasteiger partial charge is 0.302 e. The Hall–Kier alpha value is -1.99. The molecule has 4 rings (SSSR count). The summed E-state index contributed by atoms with van der Waals surface area (Å²) in [5, 5.41) is 0. The predicted octanol–water partition coefficient (Wildman–Crippen LogP) is 2.02. The number of hydrogen-bond acceptors (Lipinski definition) is 7. The highest BCUT2D eigenvalue weighted by atomic mass is 16.8. The summed E-state index contributed by atoms with van der Waals surface area (Å²) in [6.07, 6.45) is 0.534. The third kappa shape index (κ3) is 2.53. The third-order valence-electron chi connectivity index (χ3n) is 5.15. The van der Waals surface area contributed by atoms with E-state index >= 15 is 0 Å². The summed E-state index contributed by atoms with van der Waals surface area (Å²) in [4.78, 5) is 11.6. The summed E-state index contributed by atoms with van der Waals surface area (Å²) in [6, 6.07) is 3.64. The fraction of sp³-hybridized carbons (Fsp3) is 0.611. The molecule has 1 spiro atoms. The van der Waals surface area contributed by atoms with Crippen molar-refractivity contribution < 1.29 is 33.2 Å². The molecule has 2 heterocycles. The summed E-state index contributed by atoms with van der Waals surface area (Å²) in [6.45, 7) is 2.48. The zero-order valence-corrected chi connectivity index (χ0v) is 14.6. The van der Waals surface area contributed by atoms with Gasteiger partial charge in [-0.1, -0.05) is 0 Å². The number of carbonyl (C=O) groups is 1. The lowest BCUT2D eigenvalue weighted by Crippen LogP contribution is -2.55. The monoisotopic (exact) mass is 350 g/mol. The lowest BCUT2D eigenvalue weighted by atomic mass is 9.77. The van der Waals surface area contributed by atoms with Crippen molar-refractivity contribution in [1.82, 2.24) is 0 Å². The van der Waals surface area contributed by atoms with Gasteiger partial charge in [0.1, 0.15) is 23.4 Å². The molecular weight excluding hydrogens is 328 g/mol. The summed E-state index contributed by atoms with van der Waals surface area (Å²) < 4.78 is 34.7. The predicted molar refractivity (Wildman–Crippen MR) is 86.1 cm³/mol. The Morgan fingerprint density at radius 2 is 1.96 bits per heavy atom. The average molecular weight is 350 g/mol. The molecule has 1 aromatic rings. The van der Waals surface area contributed by atoms with Crippen LogP contribution in [0.15, 0.2) is 12.1 Å². The van der Waals surface area contributed by atoms with Crippen molar-refractivity contribution in [1.29, 1.82) is 0 Å². The molecule has 0 N–H and O–H groups in total. The van der Waals surface area contributed by atoms with Gasteiger partial charge >= 0.3 is 5.97 Å². The highest BCUT2D eigenvalue weighted by Gasteiger charge is 2.60. The number of benzene rings is 1.